The third kappa shape index (κ3) is 3.76. The first-order chi connectivity index (χ1) is 13.1. The van der Waals surface area contributed by atoms with Crippen molar-refractivity contribution in [2.75, 3.05) is 19.6 Å². The van der Waals surface area contributed by atoms with E-state index >= 15 is 0 Å². The van der Waals surface area contributed by atoms with Crippen LogP contribution in [0.25, 0.3) is 0 Å². The minimum Gasteiger partial charge on any atom is -0.338 e. The highest BCUT2D eigenvalue weighted by atomic mass is 32.1. The lowest BCUT2D eigenvalue weighted by Crippen LogP contribution is -2.44. The number of carbonyl (C=O) groups is 2. The summed E-state index contributed by atoms with van der Waals surface area (Å²) in [4.78, 5) is 30.2. The van der Waals surface area contributed by atoms with Crippen LogP contribution in [0, 0.1) is 11.7 Å². The van der Waals surface area contributed by atoms with Crippen molar-refractivity contribution >= 4 is 23.2 Å². The summed E-state index contributed by atoms with van der Waals surface area (Å²) in [5.41, 5.74) is 1.01. The van der Waals surface area contributed by atoms with Crippen molar-refractivity contribution < 1.29 is 14.0 Å². The van der Waals surface area contributed by atoms with E-state index in [0.29, 0.717) is 25.9 Å². The molecule has 4 rings (SSSR count). The highest BCUT2D eigenvalue weighted by Gasteiger charge is 2.36. The van der Waals surface area contributed by atoms with Crippen LogP contribution in [0.15, 0.2) is 41.8 Å². The highest BCUT2D eigenvalue weighted by molar-refractivity contribution is 7.12. The monoisotopic (exact) mass is 386 g/mol. The van der Waals surface area contributed by atoms with Gasteiger partial charge in [-0.2, -0.15) is 0 Å². The quantitative estimate of drug-likeness (QED) is 0.797. The Labute approximate surface area is 162 Å². The molecule has 2 fully saturated rings. The SMILES string of the molecule is O=C(c1cccs1)N1CCC(C(=O)N2CCCC2c2ccc(F)cc2)CC1. The van der Waals surface area contributed by atoms with Crippen LogP contribution >= 0.6 is 11.3 Å². The molecular weight excluding hydrogens is 363 g/mol. The Morgan fingerprint density at radius 3 is 2.41 bits per heavy atom. The Hall–Kier alpha value is -2.21. The van der Waals surface area contributed by atoms with Crippen molar-refractivity contribution in [3.63, 3.8) is 0 Å². The molecule has 2 aliphatic heterocycles. The Kier molecular flexibility index (Phi) is 5.25. The Morgan fingerprint density at radius 2 is 1.74 bits per heavy atom. The average Bonchev–Trinajstić information content (AvgIpc) is 3.40. The normalized spacial score (nSPS) is 20.9. The Bertz CT molecular complexity index is 798. The van der Waals surface area contributed by atoms with E-state index in [2.05, 4.69) is 0 Å². The smallest absolute Gasteiger partial charge is 0.263 e. The molecule has 3 heterocycles. The summed E-state index contributed by atoms with van der Waals surface area (Å²) in [6, 6.07) is 10.3. The van der Waals surface area contributed by atoms with Gasteiger partial charge in [-0.05, 0) is 54.8 Å². The lowest BCUT2D eigenvalue weighted by molar-refractivity contribution is -0.137. The topological polar surface area (TPSA) is 40.6 Å². The van der Waals surface area contributed by atoms with Gasteiger partial charge in [-0.3, -0.25) is 9.59 Å². The molecule has 0 radical (unpaired) electrons. The largest absolute Gasteiger partial charge is 0.338 e. The number of halogens is 1. The van der Waals surface area contributed by atoms with Gasteiger partial charge in [0.05, 0.1) is 10.9 Å². The third-order valence-corrected chi connectivity index (χ3v) is 6.51. The highest BCUT2D eigenvalue weighted by Crippen LogP contribution is 2.35. The number of piperidine rings is 1. The molecule has 0 bridgehead atoms. The van der Waals surface area contributed by atoms with Gasteiger partial charge in [0.2, 0.25) is 5.91 Å². The molecule has 0 N–H and O–H groups in total. The van der Waals surface area contributed by atoms with Crippen molar-refractivity contribution in [2.24, 2.45) is 5.92 Å². The zero-order valence-electron chi connectivity index (χ0n) is 15.1. The molecule has 2 saturated heterocycles. The predicted molar refractivity (Wildman–Crippen MR) is 103 cm³/mol. The standard InChI is InChI=1S/C21H23FN2O2S/c22-17-7-5-15(6-8-17)18-3-1-11-24(18)20(25)16-9-12-23(13-10-16)21(26)19-4-2-14-27-19/h2,4-8,14,16,18H,1,3,9-13H2. The summed E-state index contributed by atoms with van der Waals surface area (Å²) >= 11 is 1.46. The molecule has 2 aliphatic rings. The molecule has 1 aromatic carbocycles. The molecule has 4 nitrogen and oxygen atoms in total. The van der Waals surface area contributed by atoms with Crippen LogP contribution in [0.4, 0.5) is 4.39 Å². The molecule has 142 valence electrons. The van der Waals surface area contributed by atoms with E-state index in [-0.39, 0.29) is 29.6 Å². The molecular formula is C21H23FN2O2S. The van der Waals surface area contributed by atoms with Gasteiger partial charge in [0.25, 0.3) is 5.91 Å². The number of hydrogen-bond donors (Lipinski definition) is 0. The minimum atomic E-state index is -0.252. The van der Waals surface area contributed by atoms with Gasteiger partial charge in [0.15, 0.2) is 0 Å². The lowest BCUT2D eigenvalue weighted by Gasteiger charge is -2.35. The Balaban J connectivity index is 1.38. The van der Waals surface area contributed by atoms with E-state index in [1.54, 1.807) is 12.1 Å². The second kappa shape index (κ2) is 7.80. The predicted octanol–water partition coefficient (Wildman–Crippen LogP) is 4.10. The van der Waals surface area contributed by atoms with Crippen molar-refractivity contribution in [2.45, 2.75) is 31.7 Å². The number of benzene rings is 1. The van der Waals surface area contributed by atoms with Gasteiger partial charge in [0.1, 0.15) is 5.82 Å². The number of nitrogens with zero attached hydrogens (tertiary/aromatic N) is 2. The van der Waals surface area contributed by atoms with Crippen molar-refractivity contribution in [1.82, 2.24) is 9.80 Å². The number of hydrogen-bond acceptors (Lipinski definition) is 3. The van der Waals surface area contributed by atoms with Gasteiger partial charge in [0, 0.05) is 25.6 Å². The fraction of sp³-hybridized carbons (Fsp3) is 0.429. The second-order valence-corrected chi connectivity index (χ2v) is 8.23. The number of rotatable bonds is 3. The molecule has 2 amide bonds. The van der Waals surface area contributed by atoms with Crippen LogP contribution in [0.2, 0.25) is 0 Å². The van der Waals surface area contributed by atoms with E-state index in [1.165, 1.54) is 23.5 Å². The number of likely N-dealkylation sites (tertiary alicyclic amines) is 2. The van der Waals surface area contributed by atoms with Gasteiger partial charge < -0.3 is 9.80 Å². The molecule has 1 atom stereocenters. The zero-order valence-corrected chi connectivity index (χ0v) is 16.0. The van der Waals surface area contributed by atoms with E-state index in [4.69, 9.17) is 0 Å². The van der Waals surface area contributed by atoms with Crippen LogP contribution in [0.1, 0.15) is 47.0 Å². The summed E-state index contributed by atoms with van der Waals surface area (Å²) in [5.74, 6) is -0.0258. The van der Waals surface area contributed by atoms with E-state index in [1.807, 2.05) is 27.3 Å². The molecule has 0 spiro atoms. The number of amides is 2. The molecule has 6 heteroatoms. The molecule has 0 aliphatic carbocycles. The first-order valence-corrected chi connectivity index (χ1v) is 10.4. The van der Waals surface area contributed by atoms with Gasteiger partial charge in [-0.25, -0.2) is 4.39 Å². The second-order valence-electron chi connectivity index (χ2n) is 7.28. The fourth-order valence-electron chi connectivity index (χ4n) is 4.18. The van der Waals surface area contributed by atoms with Crippen molar-refractivity contribution in [3.8, 4) is 0 Å². The number of carbonyl (C=O) groups excluding carboxylic acids is 2. The number of thiophene rings is 1. The van der Waals surface area contributed by atoms with Crippen LogP contribution in [0.3, 0.4) is 0 Å². The molecule has 1 unspecified atom stereocenters. The first-order valence-electron chi connectivity index (χ1n) is 9.52. The maximum absolute atomic E-state index is 13.2. The fourth-order valence-corrected chi connectivity index (χ4v) is 4.87. The third-order valence-electron chi connectivity index (χ3n) is 5.65. The molecule has 2 aromatic rings. The minimum absolute atomic E-state index is 0.0292. The maximum Gasteiger partial charge on any atom is 0.263 e. The first kappa shape index (κ1) is 18.2. The molecule has 0 saturated carbocycles. The maximum atomic E-state index is 13.2. The van der Waals surface area contributed by atoms with Crippen molar-refractivity contribution in [3.05, 3.63) is 58.0 Å². The average molecular weight is 386 g/mol. The van der Waals surface area contributed by atoms with Gasteiger partial charge in [-0.15, -0.1) is 11.3 Å². The van der Waals surface area contributed by atoms with Crippen LogP contribution in [0.5, 0.6) is 0 Å². The Morgan fingerprint density at radius 1 is 1.00 bits per heavy atom. The van der Waals surface area contributed by atoms with Gasteiger partial charge >= 0.3 is 0 Å². The van der Waals surface area contributed by atoms with Crippen LogP contribution < -0.4 is 0 Å². The summed E-state index contributed by atoms with van der Waals surface area (Å²) in [6.45, 7) is 2.01. The van der Waals surface area contributed by atoms with Crippen LogP contribution in [-0.2, 0) is 4.79 Å². The van der Waals surface area contributed by atoms with E-state index in [9.17, 15) is 14.0 Å². The van der Waals surface area contributed by atoms with E-state index < -0.39 is 0 Å². The van der Waals surface area contributed by atoms with E-state index in [0.717, 1.165) is 29.8 Å². The summed E-state index contributed by atoms with van der Waals surface area (Å²) in [6.07, 6.45) is 3.32. The lowest BCUT2D eigenvalue weighted by atomic mass is 9.94. The molecule has 1 aromatic heterocycles. The zero-order chi connectivity index (χ0) is 18.8. The summed E-state index contributed by atoms with van der Waals surface area (Å²) in [5, 5.41) is 1.91. The summed E-state index contributed by atoms with van der Waals surface area (Å²) < 4.78 is 13.2. The summed E-state index contributed by atoms with van der Waals surface area (Å²) in [7, 11) is 0. The van der Waals surface area contributed by atoms with Gasteiger partial charge in [-0.1, -0.05) is 18.2 Å². The van der Waals surface area contributed by atoms with Crippen molar-refractivity contribution in [1.29, 1.82) is 0 Å². The molecule has 27 heavy (non-hydrogen) atoms. The van der Waals surface area contributed by atoms with Crippen LogP contribution in [-0.4, -0.2) is 41.2 Å².